The normalized spacial score (nSPS) is 14.0. The van der Waals surface area contributed by atoms with Gasteiger partial charge in [-0.2, -0.15) is 0 Å². The maximum atomic E-state index is 14.0. The molecule has 0 saturated carbocycles. The van der Waals surface area contributed by atoms with E-state index in [1.165, 1.54) is 18.7 Å². The summed E-state index contributed by atoms with van der Waals surface area (Å²) >= 11 is 0. The van der Waals surface area contributed by atoms with E-state index in [0.717, 1.165) is 0 Å². The molecule has 10 heteroatoms. The Morgan fingerprint density at radius 2 is 1.83 bits per heavy atom. The number of aromatic nitrogens is 2. The molecular formula is C19H20FN7O2. The molecule has 0 radical (unpaired) electrons. The minimum absolute atomic E-state index is 0.162. The zero-order valence-corrected chi connectivity index (χ0v) is 15.5. The van der Waals surface area contributed by atoms with Crippen molar-refractivity contribution in [2.24, 2.45) is 0 Å². The van der Waals surface area contributed by atoms with Gasteiger partial charge in [-0.05, 0) is 24.3 Å². The van der Waals surface area contributed by atoms with Crippen molar-refractivity contribution in [2.45, 2.75) is 0 Å². The second kappa shape index (κ2) is 8.05. The molecule has 4 N–H and O–H groups in total. The lowest BCUT2D eigenvalue weighted by Gasteiger charge is -2.37. The monoisotopic (exact) mass is 397 g/mol. The molecule has 0 spiro atoms. The predicted molar refractivity (Wildman–Crippen MR) is 107 cm³/mol. The van der Waals surface area contributed by atoms with E-state index in [0.29, 0.717) is 43.4 Å². The van der Waals surface area contributed by atoms with Crippen LogP contribution < -0.4 is 26.4 Å². The Morgan fingerprint density at radius 3 is 2.55 bits per heavy atom. The third-order valence-corrected chi connectivity index (χ3v) is 4.67. The molecule has 0 aliphatic carbocycles. The molecule has 9 nitrogen and oxygen atoms in total. The number of nitrogens with two attached hydrogens (primary N) is 1. The van der Waals surface area contributed by atoms with Crippen LogP contribution in [-0.2, 0) is 0 Å². The van der Waals surface area contributed by atoms with Gasteiger partial charge < -0.3 is 20.0 Å². The van der Waals surface area contributed by atoms with E-state index in [4.69, 9.17) is 10.2 Å². The highest BCUT2D eigenvalue weighted by molar-refractivity contribution is 5.92. The van der Waals surface area contributed by atoms with E-state index < -0.39 is 5.91 Å². The summed E-state index contributed by atoms with van der Waals surface area (Å²) in [7, 11) is 0. The lowest BCUT2D eigenvalue weighted by Crippen LogP contribution is -2.47. The number of carbonyl (C=O) groups is 1. The Bertz CT molecular complexity index is 988. The summed E-state index contributed by atoms with van der Waals surface area (Å²) < 4.78 is 19.1. The SMILES string of the molecule is Nc1c(NNC(=O)c2ccco2)ncnc1N1CCN(c2ccccc2F)CC1. The van der Waals surface area contributed by atoms with Gasteiger partial charge in [-0.15, -0.1) is 0 Å². The highest BCUT2D eigenvalue weighted by Crippen LogP contribution is 2.28. The third-order valence-electron chi connectivity index (χ3n) is 4.67. The van der Waals surface area contributed by atoms with E-state index in [1.807, 2.05) is 15.9 Å². The fraction of sp³-hybridized carbons (Fsp3) is 0.211. The van der Waals surface area contributed by atoms with E-state index in [1.54, 1.807) is 24.3 Å². The number of halogens is 1. The number of hydrazine groups is 1. The third kappa shape index (κ3) is 3.91. The number of nitrogen functional groups attached to an aromatic ring is 1. The van der Waals surface area contributed by atoms with E-state index >= 15 is 0 Å². The standard InChI is InChI=1S/C19H20FN7O2/c20-13-4-1-2-5-14(13)26-7-9-27(10-8-26)18-16(21)17(22-12-23-18)24-25-19(28)15-6-3-11-29-15/h1-6,11-12H,7-10,21H2,(H,25,28)(H,22,23,24). The first-order valence-corrected chi connectivity index (χ1v) is 9.08. The lowest BCUT2D eigenvalue weighted by atomic mass is 10.2. The molecule has 29 heavy (non-hydrogen) atoms. The van der Waals surface area contributed by atoms with Gasteiger partial charge in [0, 0.05) is 26.2 Å². The highest BCUT2D eigenvalue weighted by Gasteiger charge is 2.23. The molecule has 1 saturated heterocycles. The largest absolute Gasteiger partial charge is 0.459 e. The number of amides is 1. The number of para-hydroxylation sites is 1. The summed E-state index contributed by atoms with van der Waals surface area (Å²) in [4.78, 5) is 24.3. The molecule has 1 aliphatic heterocycles. The van der Waals surface area contributed by atoms with Crippen molar-refractivity contribution in [3.63, 3.8) is 0 Å². The molecule has 3 heterocycles. The number of nitrogens with zero attached hydrogens (tertiary/aromatic N) is 4. The molecule has 3 aromatic rings. The quantitative estimate of drug-likeness (QED) is 0.560. The molecule has 4 rings (SSSR count). The number of furan rings is 1. The molecule has 1 fully saturated rings. The average molecular weight is 397 g/mol. The smallest absolute Gasteiger partial charge is 0.305 e. The fourth-order valence-corrected chi connectivity index (χ4v) is 3.19. The van der Waals surface area contributed by atoms with Crippen LogP contribution in [0.15, 0.2) is 53.4 Å². The van der Waals surface area contributed by atoms with Gasteiger partial charge in [-0.25, -0.2) is 14.4 Å². The van der Waals surface area contributed by atoms with Crippen molar-refractivity contribution in [1.29, 1.82) is 0 Å². The number of rotatable bonds is 5. The summed E-state index contributed by atoms with van der Waals surface area (Å²) in [6.07, 6.45) is 2.78. The number of benzene rings is 1. The molecule has 2 aromatic heterocycles. The maximum Gasteiger partial charge on any atom is 0.305 e. The Balaban J connectivity index is 1.41. The Kier molecular flexibility index (Phi) is 5.14. The van der Waals surface area contributed by atoms with Crippen LogP contribution in [0, 0.1) is 5.82 Å². The summed E-state index contributed by atoms with van der Waals surface area (Å²) in [5.74, 6) is 0.318. The molecular weight excluding hydrogens is 377 g/mol. The Morgan fingerprint density at radius 1 is 1.07 bits per heavy atom. The average Bonchev–Trinajstić information content (AvgIpc) is 3.29. The zero-order chi connectivity index (χ0) is 20.2. The van der Waals surface area contributed by atoms with Crippen LogP contribution in [0.4, 0.5) is 27.4 Å². The van der Waals surface area contributed by atoms with Crippen LogP contribution in [0.5, 0.6) is 0 Å². The van der Waals surface area contributed by atoms with Gasteiger partial charge in [-0.1, -0.05) is 12.1 Å². The maximum absolute atomic E-state index is 14.0. The van der Waals surface area contributed by atoms with Crippen LogP contribution >= 0.6 is 0 Å². The minimum atomic E-state index is -0.451. The molecule has 0 unspecified atom stereocenters. The first kappa shape index (κ1) is 18.5. The number of piperazine rings is 1. The summed E-state index contributed by atoms with van der Waals surface area (Å²) in [6.45, 7) is 2.49. The lowest BCUT2D eigenvalue weighted by molar-refractivity contribution is 0.0935. The van der Waals surface area contributed by atoms with Crippen molar-refractivity contribution < 1.29 is 13.6 Å². The second-order valence-corrected chi connectivity index (χ2v) is 6.44. The minimum Gasteiger partial charge on any atom is -0.459 e. The van der Waals surface area contributed by atoms with Crippen LogP contribution in [-0.4, -0.2) is 42.1 Å². The first-order valence-electron chi connectivity index (χ1n) is 9.08. The van der Waals surface area contributed by atoms with Gasteiger partial charge in [0.1, 0.15) is 17.8 Å². The molecule has 150 valence electrons. The van der Waals surface area contributed by atoms with Gasteiger partial charge >= 0.3 is 5.91 Å². The number of hydrogen-bond donors (Lipinski definition) is 3. The van der Waals surface area contributed by atoms with Crippen molar-refractivity contribution in [1.82, 2.24) is 15.4 Å². The van der Waals surface area contributed by atoms with Crippen molar-refractivity contribution in [3.05, 3.63) is 60.6 Å². The van der Waals surface area contributed by atoms with Gasteiger partial charge in [0.15, 0.2) is 17.4 Å². The van der Waals surface area contributed by atoms with Gasteiger partial charge in [0.2, 0.25) is 0 Å². The summed E-state index contributed by atoms with van der Waals surface area (Å²) in [5, 5.41) is 0. The number of anilines is 4. The van der Waals surface area contributed by atoms with Crippen molar-refractivity contribution in [2.75, 3.05) is 47.1 Å². The zero-order valence-electron chi connectivity index (χ0n) is 15.5. The van der Waals surface area contributed by atoms with Gasteiger partial charge in [0.25, 0.3) is 0 Å². The molecule has 1 amide bonds. The fourth-order valence-electron chi connectivity index (χ4n) is 3.19. The molecule has 1 aromatic carbocycles. The van der Waals surface area contributed by atoms with Crippen LogP contribution in [0.2, 0.25) is 0 Å². The number of nitrogens with one attached hydrogen (secondary N) is 2. The van der Waals surface area contributed by atoms with Crippen LogP contribution in [0.1, 0.15) is 10.6 Å². The van der Waals surface area contributed by atoms with Crippen molar-refractivity contribution in [3.8, 4) is 0 Å². The Labute approximate surface area is 166 Å². The Hall–Kier alpha value is -3.82. The predicted octanol–water partition coefficient (Wildman–Crippen LogP) is 1.87. The van der Waals surface area contributed by atoms with E-state index in [-0.39, 0.29) is 17.4 Å². The van der Waals surface area contributed by atoms with Crippen LogP contribution in [0.3, 0.4) is 0 Å². The number of carbonyl (C=O) groups excluding carboxylic acids is 1. The van der Waals surface area contributed by atoms with E-state index in [2.05, 4.69) is 20.8 Å². The van der Waals surface area contributed by atoms with Gasteiger partial charge in [0.05, 0.1) is 12.0 Å². The van der Waals surface area contributed by atoms with E-state index in [9.17, 15) is 9.18 Å². The molecule has 0 atom stereocenters. The summed E-state index contributed by atoms with van der Waals surface area (Å²) in [6, 6.07) is 9.89. The first-order chi connectivity index (χ1) is 14.1. The topological polar surface area (TPSA) is 113 Å². The second-order valence-electron chi connectivity index (χ2n) is 6.44. The summed E-state index contributed by atoms with van der Waals surface area (Å²) in [5.41, 5.74) is 12.3. The molecule has 1 aliphatic rings. The van der Waals surface area contributed by atoms with Crippen LogP contribution in [0.25, 0.3) is 0 Å². The van der Waals surface area contributed by atoms with Crippen molar-refractivity contribution >= 4 is 28.9 Å². The molecule has 0 bridgehead atoms. The highest BCUT2D eigenvalue weighted by atomic mass is 19.1. The number of hydrogen-bond acceptors (Lipinski definition) is 8. The van der Waals surface area contributed by atoms with Gasteiger partial charge in [-0.3, -0.25) is 15.6 Å².